The van der Waals surface area contributed by atoms with Gasteiger partial charge in [0.25, 0.3) is 0 Å². The van der Waals surface area contributed by atoms with E-state index in [1.807, 2.05) is 44.2 Å². The van der Waals surface area contributed by atoms with Gasteiger partial charge >= 0.3 is 0 Å². The fourth-order valence-electron chi connectivity index (χ4n) is 2.12. The van der Waals surface area contributed by atoms with E-state index in [9.17, 15) is 0 Å². The van der Waals surface area contributed by atoms with Crippen LogP contribution >= 0.6 is 0 Å². The van der Waals surface area contributed by atoms with Crippen molar-refractivity contribution in [2.24, 2.45) is 0 Å². The molecule has 0 bridgehead atoms. The summed E-state index contributed by atoms with van der Waals surface area (Å²) in [4.78, 5) is 4.28. The largest absolute Gasteiger partial charge is 0.392 e. The Morgan fingerprint density at radius 1 is 1.24 bits per heavy atom. The Morgan fingerprint density at radius 2 is 2.00 bits per heavy atom. The number of nitrogen functional groups attached to an aromatic ring is 1. The second-order valence-corrected chi connectivity index (χ2v) is 4.18. The van der Waals surface area contributed by atoms with E-state index in [1.165, 1.54) is 0 Å². The molecule has 0 saturated heterocycles. The van der Waals surface area contributed by atoms with Crippen molar-refractivity contribution in [3.05, 3.63) is 47.2 Å². The molecule has 0 aliphatic rings. The molecule has 0 spiro atoms. The van der Waals surface area contributed by atoms with Crippen molar-refractivity contribution >= 4 is 5.82 Å². The maximum atomic E-state index is 9.16. The zero-order valence-electron chi connectivity index (χ0n) is 10.1. The molecule has 0 radical (unpaired) electrons. The topological polar surface area (TPSA) is 59.1 Å². The second-order valence-electron chi connectivity index (χ2n) is 4.18. The predicted molar refractivity (Wildman–Crippen MR) is 69.5 cm³/mol. The highest BCUT2D eigenvalue weighted by molar-refractivity contribution is 5.71. The number of aryl methyl sites for hydroxylation is 2. The molecule has 0 aliphatic carbocycles. The lowest BCUT2D eigenvalue weighted by molar-refractivity contribution is 0.282. The van der Waals surface area contributed by atoms with Crippen molar-refractivity contribution in [1.82, 2.24) is 4.98 Å². The van der Waals surface area contributed by atoms with Crippen LogP contribution in [0, 0.1) is 13.8 Å². The number of aliphatic hydroxyl groups is 1. The molecule has 3 heteroatoms. The molecule has 0 atom stereocenters. The monoisotopic (exact) mass is 228 g/mol. The summed E-state index contributed by atoms with van der Waals surface area (Å²) in [6.07, 6.45) is 0. The Hall–Kier alpha value is -1.87. The molecular formula is C14H16N2O. The summed E-state index contributed by atoms with van der Waals surface area (Å²) in [6, 6.07) is 9.71. The Morgan fingerprint density at radius 3 is 2.65 bits per heavy atom. The van der Waals surface area contributed by atoms with Gasteiger partial charge < -0.3 is 10.8 Å². The number of nitrogens with zero attached hydrogens (tertiary/aromatic N) is 1. The van der Waals surface area contributed by atoms with Crippen LogP contribution in [0.3, 0.4) is 0 Å². The van der Waals surface area contributed by atoms with Crippen LogP contribution in [0.5, 0.6) is 0 Å². The molecule has 0 aliphatic heterocycles. The van der Waals surface area contributed by atoms with E-state index in [2.05, 4.69) is 4.98 Å². The minimum atomic E-state index is 0.0499. The Kier molecular flexibility index (Phi) is 3.11. The molecular weight excluding hydrogens is 212 g/mol. The van der Waals surface area contributed by atoms with Crippen molar-refractivity contribution < 1.29 is 5.11 Å². The highest BCUT2D eigenvalue weighted by atomic mass is 16.3. The third kappa shape index (κ3) is 2.29. The summed E-state index contributed by atoms with van der Waals surface area (Å²) in [5.41, 5.74) is 10.8. The number of aromatic nitrogens is 1. The normalized spacial score (nSPS) is 10.5. The molecule has 0 unspecified atom stereocenters. The minimum absolute atomic E-state index is 0.0499. The van der Waals surface area contributed by atoms with Crippen molar-refractivity contribution in [3.8, 4) is 11.1 Å². The highest BCUT2D eigenvalue weighted by Gasteiger charge is 2.08. The van der Waals surface area contributed by atoms with E-state index in [0.29, 0.717) is 5.82 Å². The maximum Gasteiger partial charge on any atom is 0.123 e. The van der Waals surface area contributed by atoms with E-state index in [-0.39, 0.29) is 6.61 Å². The fourth-order valence-corrected chi connectivity index (χ4v) is 2.12. The average Bonchev–Trinajstić information content (AvgIpc) is 2.28. The molecule has 0 amide bonds. The number of benzene rings is 1. The lowest BCUT2D eigenvalue weighted by Crippen LogP contribution is -1.98. The SMILES string of the molecule is Cc1cc(N)nc(C)c1-c1cccc(CO)c1. The van der Waals surface area contributed by atoms with E-state index < -0.39 is 0 Å². The molecule has 88 valence electrons. The number of hydrogen-bond donors (Lipinski definition) is 2. The Balaban J connectivity index is 2.60. The van der Waals surface area contributed by atoms with Gasteiger partial charge in [-0.25, -0.2) is 4.98 Å². The lowest BCUT2D eigenvalue weighted by Gasteiger charge is -2.11. The summed E-state index contributed by atoms with van der Waals surface area (Å²) < 4.78 is 0. The number of anilines is 1. The molecule has 3 N–H and O–H groups in total. The lowest BCUT2D eigenvalue weighted by atomic mass is 9.98. The van der Waals surface area contributed by atoms with Crippen LogP contribution in [-0.2, 0) is 6.61 Å². The van der Waals surface area contributed by atoms with Crippen LogP contribution in [-0.4, -0.2) is 10.1 Å². The van der Waals surface area contributed by atoms with Crippen LogP contribution in [0.15, 0.2) is 30.3 Å². The molecule has 17 heavy (non-hydrogen) atoms. The zero-order chi connectivity index (χ0) is 12.4. The van der Waals surface area contributed by atoms with E-state index in [1.54, 1.807) is 0 Å². The van der Waals surface area contributed by atoms with Crippen LogP contribution in [0.4, 0.5) is 5.82 Å². The van der Waals surface area contributed by atoms with Gasteiger partial charge in [0.2, 0.25) is 0 Å². The molecule has 3 nitrogen and oxygen atoms in total. The first-order chi connectivity index (χ1) is 8.11. The van der Waals surface area contributed by atoms with Gasteiger partial charge in [-0.3, -0.25) is 0 Å². The van der Waals surface area contributed by atoms with Gasteiger partial charge in [0.15, 0.2) is 0 Å². The summed E-state index contributed by atoms with van der Waals surface area (Å²) in [7, 11) is 0. The van der Waals surface area contributed by atoms with Gasteiger partial charge in [-0.1, -0.05) is 18.2 Å². The van der Waals surface area contributed by atoms with Gasteiger partial charge in [0.1, 0.15) is 5.82 Å². The molecule has 1 heterocycles. The summed E-state index contributed by atoms with van der Waals surface area (Å²) in [5.74, 6) is 0.544. The highest BCUT2D eigenvalue weighted by Crippen LogP contribution is 2.27. The van der Waals surface area contributed by atoms with Gasteiger partial charge in [0.05, 0.1) is 6.61 Å². The second kappa shape index (κ2) is 4.55. The minimum Gasteiger partial charge on any atom is -0.392 e. The fraction of sp³-hybridized carbons (Fsp3) is 0.214. The van der Waals surface area contributed by atoms with Crippen LogP contribution in [0.2, 0.25) is 0 Å². The van der Waals surface area contributed by atoms with Crippen LogP contribution in [0.25, 0.3) is 11.1 Å². The predicted octanol–water partition coefficient (Wildman–Crippen LogP) is 2.44. The average molecular weight is 228 g/mol. The molecule has 2 aromatic rings. The number of nitrogens with two attached hydrogens (primary N) is 1. The first-order valence-electron chi connectivity index (χ1n) is 5.55. The van der Waals surface area contributed by atoms with E-state index in [4.69, 9.17) is 10.8 Å². The van der Waals surface area contributed by atoms with E-state index in [0.717, 1.165) is 27.9 Å². The third-order valence-electron chi connectivity index (χ3n) is 2.82. The van der Waals surface area contributed by atoms with Gasteiger partial charge in [-0.05, 0) is 42.7 Å². The van der Waals surface area contributed by atoms with Gasteiger partial charge in [-0.15, -0.1) is 0 Å². The first-order valence-corrected chi connectivity index (χ1v) is 5.55. The number of pyridine rings is 1. The molecule has 1 aromatic heterocycles. The molecule has 0 saturated carbocycles. The van der Waals surface area contributed by atoms with Crippen LogP contribution in [0.1, 0.15) is 16.8 Å². The van der Waals surface area contributed by atoms with Crippen LogP contribution < -0.4 is 5.73 Å². The Labute approximate surface area is 101 Å². The number of rotatable bonds is 2. The maximum absolute atomic E-state index is 9.16. The smallest absolute Gasteiger partial charge is 0.123 e. The van der Waals surface area contributed by atoms with Gasteiger partial charge in [-0.2, -0.15) is 0 Å². The van der Waals surface area contributed by atoms with Gasteiger partial charge in [0, 0.05) is 11.3 Å². The van der Waals surface area contributed by atoms with Crippen molar-refractivity contribution in [2.75, 3.05) is 5.73 Å². The summed E-state index contributed by atoms with van der Waals surface area (Å²) in [5, 5.41) is 9.16. The molecule has 2 rings (SSSR count). The quantitative estimate of drug-likeness (QED) is 0.830. The number of aliphatic hydroxyl groups excluding tert-OH is 1. The summed E-state index contributed by atoms with van der Waals surface area (Å²) >= 11 is 0. The first kappa shape index (κ1) is 11.6. The zero-order valence-corrected chi connectivity index (χ0v) is 10.1. The summed E-state index contributed by atoms with van der Waals surface area (Å²) in [6.45, 7) is 4.02. The molecule has 1 aromatic carbocycles. The number of hydrogen-bond acceptors (Lipinski definition) is 3. The van der Waals surface area contributed by atoms with Crippen molar-refractivity contribution in [1.29, 1.82) is 0 Å². The standard InChI is InChI=1S/C14H16N2O/c1-9-6-13(15)16-10(2)14(9)12-5-3-4-11(7-12)8-17/h3-7,17H,8H2,1-2H3,(H2,15,16). The van der Waals surface area contributed by atoms with Crippen molar-refractivity contribution in [2.45, 2.75) is 20.5 Å². The van der Waals surface area contributed by atoms with Crippen molar-refractivity contribution in [3.63, 3.8) is 0 Å². The van der Waals surface area contributed by atoms with E-state index >= 15 is 0 Å². The molecule has 0 fully saturated rings. The third-order valence-corrected chi connectivity index (χ3v) is 2.82. The Bertz CT molecular complexity index is 527.